The van der Waals surface area contributed by atoms with Gasteiger partial charge in [-0.05, 0) is 12.0 Å². The van der Waals surface area contributed by atoms with Crippen molar-refractivity contribution < 1.29 is 18.0 Å². The average molecular weight is 296 g/mol. The number of aliphatic hydroxyl groups is 1. The Hall–Kier alpha value is -1.70. The van der Waals surface area contributed by atoms with E-state index in [1.165, 1.54) is 12.3 Å². The maximum atomic E-state index is 11.8. The van der Waals surface area contributed by atoms with E-state index in [-0.39, 0.29) is 12.3 Å². The molecule has 7 heteroatoms. The first kappa shape index (κ1) is 14.7. The average Bonchev–Trinajstić information content (AvgIpc) is 2.90. The lowest BCUT2D eigenvalue weighted by Gasteiger charge is -2.11. The second kappa shape index (κ2) is 6.65. The highest BCUT2D eigenvalue weighted by molar-refractivity contribution is 7.88. The van der Waals surface area contributed by atoms with Crippen molar-refractivity contribution in [1.29, 1.82) is 0 Å². The van der Waals surface area contributed by atoms with Crippen LogP contribution in [0.1, 0.15) is 11.3 Å². The van der Waals surface area contributed by atoms with Crippen LogP contribution in [0.5, 0.6) is 0 Å². The van der Waals surface area contributed by atoms with E-state index in [1.807, 2.05) is 30.3 Å². The molecule has 20 heavy (non-hydrogen) atoms. The minimum absolute atomic E-state index is 0.0327. The van der Waals surface area contributed by atoms with Crippen LogP contribution in [-0.2, 0) is 22.2 Å². The van der Waals surface area contributed by atoms with Crippen molar-refractivity contribution in [2.24, 2.45) is 0 Å². The predicted octanol–water partition coefficient (Wildman–Crippen LogP) is 0.698. The Bertz CT molecular complexity index is 611. The molecule has 0 saturated carbocycles. The number of aromatic nitrogens is 1. The minimum atomic E-state index is -3.52. The number of benzene rings is 1. The summed E-state index contributed by atoms with van der Waals surface area (Å²) < 4.78 is 30.4. The SMILES string of the molecule is O=S(=O)(Cc1ccon1)NC[C@H](O)Cc1ccccc1. The molecule has 2 N–H and O–H groups in total. The molecule has 0 unspecified atom stereocenters. The minimum Gasteiger partial charge on any atom is -0.391 e. The van der Waals surface area contributed by atoms with Crippen molar-refractivity contribution in [1.82, 2.24) is 9.88 Å². The highest BCUT2D eigenvalue weighted by Crippen LogP contribution is 2.04. The number of hydrogen-bond acceptors (Lipinski definition) is 5. The molecule has 6 nitrogen and oxygen atoms in total. The largest absolute Gasteiger partial charge is 0.391 e. The summed E-state index contributed by atoms with van der Waals surface area (Å²) in [5.74, 6) is -0.262. The molecule has 1 heterocycles. The Labute approximate surface area is 117 Å². The molecule has 0 aliphatic rings. The summed E-state index contributed by atoms with van der Waals surface area (Å²) in [4.78, 5) is 0. The molecule has 0 aliphatic carbocycles. The maximum absolute atomic E-state index is 11.8. The molecule has 0 fully saturated rings. The Kier molecular flexibility index (Phi) is 4.89. The monoisotopic (exact) mass is 296 g/mol. The summed E-state index contributed by atoms with van der Waals surface area (Å²) >= 11 is 0. The van der Waals surface area contributed by atoms with Crippen LogP contribution in [0.2, 0.25) is 0 Å². The lowest BCUT2D eigenvalue weighted by atomic mass is 10.1. The van der Waals surface area contributed by atoms with E-state index >= 15 is 0 Å². The molecule has 0 amide bonds. The van der Waals surface area contributed by atoms with Crippen molar-refractivity contribution in [3.63, 3.8) is 0 Å². The zero-order valence-corrected chi connectivity index (χ0v) is 11.6. The van der Waals surface area contributed by atoms with Gasteiger partial charge in [0.25, 0.3) is 0 Å². The van der Waals surface area contributed by atoms with Gasteiger partial charge in [0.15, 0.2) is 0 Å². The maximum Gasteiger partial charge on any atom is 0.217 e. The standard InChI is InChI=1S/C13H16N2O4S/c16-13(8-11-4-2-1-3-5-11)9-14-20(17,18)10-12-6-7-19-15-12/h1-7,13-14,16H,8-10H2/t13-/m1/s1. The molecule has 0 aliphatic heterocycles. The van der Waals surface area contributed by atoms with Crippen LogP contribution >= 0.6 is 0 Å². The second-order valence-corrected chi connectivity index (χ2v) is 6.25. The van der Waals surface area contributed by atoms with Gasteiger partial charge in [-0.2, -0.15) is 0 Å². The molecule has 2 aromatic rings. The van der Waals surface area contributed by atoms with E-state index < -0.39 is 16.1 Å². The lowest BCUT2D eigenvalue weighted by molar-refractivity contribution is 0.179. The summed E-state index contributed by atoms with van der Waals surface area (Å²) in [6, 6.07) is 10.9. The fourth-order valence-electron chi connectivity index (χ4n) is 1.74. The van der Waals surface area contributed by atoms with Gasteiger partial charge in [-0.25, -0.2) is 13.1 Å². The normalized spacial score (nSPS) is 13.2. The van der Waals surface area contributed by atoms with Crippen molar-refractivity contribution in [2.45, 2.75) is 18.3 Å². The van der Waals surface area contributed by atoms with Gasteiger partial charge in [-0.15, -0.1) is 0 Å². The van der Waals surface area contributed by atoms with Gasteiger partial charge in [0.05, 0.1) is 11.8 Å². The van der Waals surface area contributed by atoms with Crippen molar-refractivity contribution in [2.75, 3.05) is 6.54 Å². The first-order valence-corrected chi connectivity index (χ1v) is 7.79. The van der Waals surface area contributed by atoms with Crippen LogP contribution in [0.4, 0.5) is 0 Å². The van der Waals surface area contributed by atoms with Gasteiger partial charge in [0.1, 0.15) is 12.0 Å². The Balaban J connectivity index is 1.82. The third kappa shape index (κ3) is 4.76. The van der Waals surface area contributed by atoms with Crippen LogP contribution < -0.4 is 4.72 Å². The zero-order valence-electron chi connectivity index (χ0n) is 10.8. The summed E-state index contributed by atoms with van der Waals surface area (Å²) in [5.41, 5.74) is 1.28. The van der Waals surface area contributed by atoms with E-state index in [0.29, 0.717) is 12.1 Å². The Morgan fingerprint density at radius 1 is 1.25 bits per heavy atom. The molecule has 1 atom stereocenters. The van der Waals surface area contributed by atoms with Crippen molar-refractivity contribution >= 4 is 10.0 Å². The molecule has 0 spiro atoms. The third-order valence-corrected chi connectivity index (χ3v) is 3.96. The van der Waals surface area contributed by atoms with Crippen molar-refractivity contribution in [3.8, 4) is 0 Å². The molecule has 0 radical (unpaired) electrons. The van der Waals surface area contributed by atoms with Gasteiger partial charge >= 0.3 is 0 Å². The highest BCUT2D eigenvalue weighted by Gasteiger charge is 2.15. The van der Waals surface area contributed by atoms with Crippen LogP contribution in [0, 0.1) is 0 Å². The number of nitrogens with zero attached hydrogens (tertiary/aromatic N) is 1. The Morgan fingerprint density at radius 2 is 2.00 bits per heavy atom. The fourth-order valence-corrected chi connectivity index (χ4v) is 2.83. The molecular formula is C13H16N2O4S. The summed E-state index contributed by atoms with van der Waals surface area (Å²) in [5, 5.41) is 13.4. The number of nitrogens with one attached hydrogen (secondary N) is 1. The topological polar surface area (TPSA) is 92.4 Å². The first-order valence-electron chi connectivity index (χ1n) is 6.14. The second-order valence-electron chi connectivity index (χ2n) is 4.44. The molecule has 108 valence electrons. The van der Waals surface area contributed by atoms with Crippen LogP contribution in [0.25, 0.3) is 0 Å². The molecule has 0 bridgehead atoms. The predicted molar refractivity (Wildman–Crippen MR) is 73.3 cm³/mol. The number of hydrogen-bond donors (Lipinski definition) is 2. The highest BCUT2D eigenvalue weighted by atomic mass is 32.2. The van der Waals surface area contributed by atoms with Gasteiger partial charge in [-0.3, -0.25) is 0 Å². The van der Waals surface area contributed by atoms with E-state index in [1.54, 1.807) is 0 Å². The van der Waals surface area contributed by atoms with E-state index in [4.69, 9.17) is 0 Å². The molecular weight excluding hydrogens is 280 g/mol. The van der Waals surface area contributed by atoms with E-state index in [0.717, 1.165) is 5.56 Å². The summed E-state index contributed by atoms with van der Waals surface area (Å²) in [6.07, 6.45) is 0.937. The zero-order chi connectivity index (χ0) is 14.4. The quantitative estimate of drug-likeness (QED) is 0.784. The van der Waals surface area contributed by atoms with Crippen LogP contribution in [0.3, 0.4) is 0 Å². The van der Waals surface area contributed by atoms with Gasteiger partial charge < -0.3 is 9.63 Å². The van der Waals surface area contributed by atoms with Gasteiger partial charge in [0.2, 0.25) is 10.0 Å². The lowest BCUT2D eigenvalue weighted by Crippen LogP contribution is -2.34. The van der Waals surface area contributed by atoms with Gasteiger partial charge in [-0.1, -0.05) is 35.5 Å². The van der Waals surface area contributed by atoms with Crippen molar-refractivity contribution in [3.05, 3.63) is 53.9 Å². The van der Waals surface area contributed by atoms with Crippen LogP contribution in [0.15, 0.2) is 47.2 Å². The number of aliphatic hydroxyl groups excluding tert-OH is 1. The summed E-state index contributed by atoms with van der Waals surface area (Å²) in [7, 11) is -3.52. The smallest absolute Gasteiger partial charge is 0.217 e. The van der Waals surface area contributed by atoms with E-state index in [9.17, 15) is 13.5 Å². The number of sulfonamides is 1. The molecule has 1 aromatic heterocycles. The van der Waals surface area contributed by atoms with Crippen LogP contribution in [-0.4, -0.2) is 31.3 Å². The third-order valence-electron chi connectivity index (χ3n) is 2.68. The molecule has 1 aromatic carbocycles. The fraction of sp³-hybridized carbons (Fsp3) is 0.308. The van der Waals surface area contributed by atoms with E-state index in [2.05, 4.69) is 14.4 Å². The molecule has 2 rings (SSSR count). The first-order chi connectivity index (χ1) is 9.55. The summed E-state index contributed by atoms with van der Waals surface area (Å²) in [6.45, 7) is -0.0327. The Morgan fingerprint density at radius 3 is 2.65 bits per heavy atom. The van der Waals surface area contributed by atoms with Gasteiger partial charge in [0, 0.05) is 12.6 Å². The molecule has 0 saturated heterocycles. The number of rotatable bonds is 7.